The molecule has 2 atom stereocenters. The highest BCUT2D eigenvalue weighted by Gasteiger charge is 2.49. The van der Waals surface area contributed by atoms with E-state index in [1.54, 1.807) is 32.9 Å². The monoisotopic (exact) mass is 701 g/mol. The van der Waals surface area contributed by atoms with Crippen LogP contribution < -0.4 is 10.6 Å². The zero-order chi connectivity index (χ0) is 36.1. The molecular weight excluding hydrogens is 642 g/mol. The standard InChI is InChI=1S/C38H60ClN5O5/c1-26(2)43-22-23-44(35(48)49-37(6,7)8)31(25-43)32(45)40-30(24-27-14-16-29(39)17-15-27)33(46)42-20-18-38(19-21-42,28-12-10-9-11-13-28)34(47)41-36(3,4)5/h14-17,26,28,30-31H,9-13,18-25H2,1-8H3,(H,40,45)(H,41,47)/t30-,31+/m1/s1. The van der Waals surface area contributed by atoms with Crippen LogP contribution in [0.25, 0.3) is 0 Å². The second-order valence-electron chi connectivity index (χ2n) is 16.7. The van der Waals surface area contributed by atoms with Gasteiger partial charge in [-0.05, 0) is 105 Å². The summed E-state index contributed by atoms with van der Waals surface area (Å²) in [6.07, 6.45) is 6.42. The Balaban J connectivity index is 1.57. The van der Waals surface area contributed by atoms with Crippen molar-refractivity contribution in [1.82, 2.24) is 25.3 Å². The van der Waals surface area contributed by atoms with Gasteiger partial charge in [-0.3, -0.25) is 24.2 Å². The predicted molar refractivity (Wildman–Crippen MR) is 193 cm³/mol. The summed E-state index contributed by atoms with van der Waals surface area (Å²) in [5, 5.41) is 6.94. The maximum Gasteiger partial charge on any atom is 0.411 e. The fourth-order valence-corrected chi connectivity index (χ4v) is 7.77. The number of nitrogens with zero attached hydrogens (tertiary/aromatic N) is 3. The van der Waals surface area contributed by atoms with E-state index in [9.17, 15) is 19.2 Å². The molecule has 4 rings (SSSR count). The van der Waals surface area contributed by atoms with Gasteiger partial charge in [-0.1, -0.05) is 43.0 Å². The van der Waals surface area contributed by atoms with Gasteiger partial charge in [0.05, 0.1) is 5.41 Å². The zero-order valence-electron chi connectivity index (χ0n) is 31.1. The molecule has 11 heteroatoms. The highest BCUT2D eigenvalue weighted by molar-refractivity contribution is 6.30. The molecular formula is C38H60ClN5O5. The van der Waals surface area contributed by atoms with Gasteiger partial charge in [0.1, 0.15) is 17.7 Å². The van der Waals surface area contributed by atoms with E-state index in [-0.39, 0.29) is 35.7 Å². The molecule has 274 valence electrons. The third kappa shape index (κ3) is 10.3. The largest absolute Gasteiger partial charge is 0.444 e. The van der Waals surface area contributed by atoms with E-state index in [1.807, 2.05) is 37.8 Å². The number of piperidine rings is 1. The van der Waals surface area contributed by atoms with E-state index in [0.717, 1.165) is 31.2 Å². The number of rotatable bonds is 8. The normalized spacial score (nSPS) is 21.6. The topological polar surface area (TPSA) is 111 Å². The van der Waals surface area contributed by atoms with Crippen LogP contribution in [-0.2, 0) is 25.5 Å². The van der Waals surface area contributed by atoms with Gasteiger partial charge in [-0.2, -0.15) is 0 Å². The molecule has 3 aliphatic rings. The Morgan fingerprint density at radius 3 is 2.08 bits per heavy atom. The summed E-state index contributed by atoms with van der Waals surface area (Å²) >= 11 is 6.17. The second-order valence-corrected chi connectivity index (χ2v) is 17.1. The minimum absolute atomic E-state index is 0.0965. The summed E-state index contributed by atoms with van der Waals surface area (Å²) < 4.78 is 5.69. The molecule has 0 bridgehead atoms. The Hall–Kier alpha value is -2.85. The third-order valence-corrected chi connectivity index (χ3v) is 10.6. The number of piperazine rings is 1. The molecule has 10 nitrogen and oxygen atoms in total. The Labute approximate surface area is 299 Å². The van der Waals surface area contributed by atoms with Crippen LogP contribution in [0.15, 0.2) is 24.3 Å². The second kappa shape index (κ2) is 16.0. The van der Waals surface area contributed by atoms with Gasteiger partial charge in [0.2, 0.25) is 17.7 Å². The highest BCUT2D eigenvalue weighted by atomic mass is 35.5. The average Bonchev–Trinajstić information content (AvgIpc) is 3.03. The van der Waals surface area contributed by atoms with E-state index in [1.165, 1.54) is 11.3 Å². The first-order chi connectivity index (χ1) is 22.9. The third-order valence-electron chi connectivity index (χ3n) is 10.3. The van der Waals surface area contributed by atoms with Crippen LogP contribution in [0.3, 0.4) is 0 Å². The molecule has 0 unspecified atom stereocenters. The van der Waals surface area contributed by atoms with Crippen molar-refractivity contribution in [3.05, 3.63) is 34.9 Å². The molecule has 2 N–H and O–H groups in total. The Bertz CT molecular complexity index is 1310. The number of benzene rings is 1. The summed E-state index contributed by atoms with van der Waals surface area (Å²) in [7, 11) is 0. The molecule has 2 heterocycles. The number of halogens is 1. The maximum atomic E-state index is 14.4. The molecule has 3 fully saturated rings. The Kier molecular flexibility index (Phi) is 12.7. The number of carbonyl (C=O) groups is 4. The lowest BCUT2D eigenvalue weighted by molar-refractivity contribution is -0.147. The lowest BCUT2D eigenvalue weighted by Gasteiger charge is -2.48. The molecule has 2 aliphatic heterocycles. The van der Waals surface area contributed by atoms with Crippen molar-refractivity contribution in [2.24, 2.45) is 11.3 Å². The van der Waals surface area contributed by atoms with E-state index in [2.05, 4.69) is 29.4 Å². The molecule has 0 aromatic heterocycles. The number of hydrogen-bond acceptors (Lipinski definition) is 6. The van der Waals surface area contributed by atoms with Gasteiger partial charge < -0.3 is 20.3 Å². The maximum absolute atomic E-state index is 14.4. The molecule has 1 aromatic carbocycles. The van der Waals surface area contributed by atoms with Crippen molar-refractivity contribution in [2.45, 2.75) is 136 Å². The van der Waals surface area contributed by atoms with Crippen molar-refractivity contribution in [3.63, 3.8) is 0 Å². The van der Waals surface area contributed by atoms with Crippen LogP contribution in [0, 0.1) is 11.3 Å². The van der Waals surface area contributed by atoms with Gasteiger partial charge in [0.15, 0.2) is 0 Å². The number of ether oxygens (including phenoxy) is 1. The molecule has 1 aromatic rings. The minimum Gasteiger partial charge on any atom is -0.444 e. The van der Waals surface area contributed by atoms with Crippen molar-refractivity contribution in [3.8, 4) is 0 Å². The number of amides is 4. The van der Waals surface area contributed by atoms with E-state index in [0.29, 0.717) is 56.5 Å². The van der Waals surface area contributed by atoms with E-state index in [4.69, 9.17) is 16.3 Å². The van der Waals surface area contributed by atoms with Crippen LogP contribution >= 0.6 is 11.6 Å². The fourth-order valence-electron chi connectivity index (χ4n) is 7.65. The van der Waals surface area contributed by atoms with Crippen molar-refractivity contribution < 1.29 is 23.9 Å². The molecule has 1 aliphatic carbocycles. The van der Waals surface area contributed by atoms with Crippen molar-refractivity contribution >= 4 is 35.4 Å². The van der Waals surface area contributed by atoms with Gasteiger partial charge >= 0.3 is 6.09 Å². The van der Waals surface area contributed by atoms with Gasteiger partial charge in [0.25, 0.3) is 0 Å². The number of hydrogen-bond donors (Lipinski definition) is 2. The lowest BCUT2D eigenvalue weighted by Crippen LogP contribution is -2.64. The molecule has 0 radical (unpaired) electrons. The summed E-state index contributed by atoms with van der Waals surface area (Å²) in [6.45, 7) is 17.8. The molecule has 49 heavy (non-hydrogen) atoms. The van der Waals surface area contributed by atoms with Crippen molar-refractivity contribution in [2.75, 3.05) is 32.7 Å². The molecule has 4 amide bonds. The fraction of sp³-hybridized carbons (Fsp3) is 0.737. The van der Waals surface area contributed by atoms with Crippen LogP contribution in [0.1, 0.15) is 106 Å². The van der Waals surface area contributed by atoms with Crippen LogP contribution in [0.2, 0.25) is 5.02 Å². The van der Waals surface area contributed by atoms with E-state index < -0.39 is 29.2 Å². The smallest absolute Gasteiger partial charge is 0.411 e. The van der Waals surface area contributed by atoms with Crippen LogP contribution in [-0.4, -0.2) is 101 Å². The first-order valence-electron chi connectivity index (χ1n) is 18.3. The number of likely N-dealkylation sites (tertiary alicyclic amines) is 1. The number of carbonyl (C=O) groups excluding carboxylic acids is 4. The summed E-state index contributed by atoms with van der Waals surface area (Å²) in [5.74, 6) is -0.183. The average molecular weight is 702 g/mol. The first kappa shape index (κ1) is 38.9. The SMILES string of the molecule is CC(C)N1CCN(C(=O)OC(C)(C)C)[C@H](C(=O)N[C@H](Cc2ccc(Cl)cc2)C(=O)N2CCC(C(=O)NC(C)(C)C)(C3CCCCC3)CC2)C1. The molecule has 2 saturated heterocycles. The van der Waals surface area contributed by atoms with Gasteiger partial charge in [-0.25, -0.2) is 4.79 Å². The summed E-state index contributed by atoms with van der Waals surface area (Å²) in [5.41, 5.74) is -0.726. The molecule has 0 spiro atoms. The lowest BCUT2D eigenvalue weighted by atomic mass is 9.63. The van der Waals surface area contributed by atoms with Gasteiger partial charge in [0, 0.05) is 55.7 Å². The highest BCUT2D eigenvalue weighted by Crippen LogP contribution is 2.46. The van der Waals surface area contributed by atoms with Crippen LogP contribution in [0.4, 0.5) is 4.79 Å². The van der Waals surface area contributed by atoms with Gasteiger partial charge in [-0.15, -0.1) is 0 Å². The summed E-state index contributed by atoms with van der Waals surface area (Å²) in [4.78, 5) is 61.4. The van der Waals surface area contributed by atoms with E-state index >= 15 is 0 Å². The Morgan fingerprint density at radius 2 is 1.53 bits per heavy atom. The Morgan fingerprint density at radius 1 is 0.918 bits per heavy atom. The zero-order valence-corrected chi connectivity index (χ0v) is 31.8. The molecule has 1 saturated carbocycles. The van der Waals surface area contributed by atoms with Crippen molar-refractivity contribution in [1.29, 1.82) is 0 Å². The van der Waals surface area contributed by atoms with Crippen LogP contribution in [0.5, 0.6) is 0 Å². The quantitative estimate of drug-likeness (QED) is 0.355. The predicted octanol–water partition coefficient (Wildman–Crippen LogP) is 5.80. The number of nitrogens with one attached hydrogen (secondary N) is 2. The summed E-state index contributed by atoms with van der Waals surface area (Å²) in [6, 6.07) is 5.77. The minimum atomic E-state index is -0.867. The first-order valence-corrected chi connectivity index (χ1v) is 18.7.